The van der Waals surface area contributed by atoms with Crippen molar-refractivity contribution in [2.24, 2.45) is 5.92 Å². The molecule has 1 heterocycles. The van der Waals surface area contributed by atoms with Crippen LogP contribution in [0.1, 0.15) is 65.7 Å². The smallest absolute Gasteiger partial charge is 0.341 e. The molecule has 0 aromatic carbocycles. The summed E-state index contributed by atoms with van der Waals surface area (Å²) in [5.41, 5.74) is -0.793. The Labute approximate surface area is 110 Å². The minimum atomic E-state index is -0.611. The zero-order chi connectivity index (χ0) is 13.2. The van der Waals surface area contributed by atoms with Crippen molar-refractivity contribution in [3.8, 4) is 0 Å². The van der Waals surface area contributed by atoms with Crippen LogP contribution < -0.4 is 0 Å². The van der Waals surface area contributed by atoms with Gasteiger partial charge in [-0.25, -0.2) is 4.79 Å². The summed E-state index contributed by atoms with van der Waals surface area (Å²) in [7, 11) is 0. The summed E-state index contributed by atoms with van der Waals surface area (Å²) in [6.45, 7) is 6.57. The van der Waals surface area contributed by atoms with Crippen LogP contribution in [0.4, 0.5) is 0 Å². The summed E-state index contributed by atoms with van der Waals surface area (Å²) in [6, 6.07) is 0. The molecular formula is C15H26O3. The molecule has 1 saturated heterocycles. The molecule has 1 saturated carbocycles. The summed E-state index contributed by atoms with van der Waals surface area (Å²) in [5, 5.41) is 0. The van der Waals surface area contributed by atoms with E-state index in [-0.39, 0.29) is 11.6 Å². The van der Waals surface area contributed by atoms with Gasteiger partial charge >= 0.3 is 5.97 Å². The highest BCUT2D eigenvalue weighted by atomic mass is 16.7. The number of hydrogen-bond acceptors (Lipinski definition) is 3. The predicted octanol–water partition coefficient (Wildman–Crippen LogP) is 3.46. The molecule has 2 fully saturated rings. The summed E-state index contributed by atoms with van der Waals surface area (Å²) < 4.78 is 11.1. The van der Waals surface area contributed by atoms with Gasteiger partial charge in [0.25, 0.3) is 0 Å². The van der Waals surface area contributed by atoms with Crippen molar-refractivity contribution in [1.82, 2.24) is 0 Å². The Balaban J connectivity index is 1.97. The van der Waals surface area contributed by atoms with Crippen molar-refractivity contribution in [2.75, 3.05) is 6.61 Å². The molecule has 0 amide bonds. The van der Waals surface area contributed by atoms with E-state index in [1.165, 1.54) is 25.7 Å². The third-order valence-electron chi connectivity index (χ3n) is 4.78. The molecule has 104 valence electrons. The monoisotopic (exact) mass is 254 g/mol. The van der Waals surface area contributed by atoms with E-state index < -0.39 is 5.60 Å². The maximum absolute atomic E-state index is 12.1. The molecule has 3 heteroatoms. The average molecular weight is 254 g/mol. The van der Waals surface area contributed by atoms with Crippen molar-refractivity contribution < 1.29 is 14.3 Å². The first-order chi connectivity index (χ1) is 8.64. The van der Waals surface area contributed by atoms with Gasteiger partial charge in [-0.15, -0.1) is 0 Å². The van der Waals surface area contributed by atoms with Crippen molar-refractivity contribution in [3.63, 3.8) is 0 Å². The Morgan fingerprint density at radius 3 is 2.44 bits per heavy atom. The molecule has 1 unspecified atom stereocenters. The van der Waals surface area contributed by atoms with Crippen molar-refractivity contribution in [2.45, 2.75) is 76.9 Å². The van der Waals surface area contributed by atoms with Crippen LogP contribution in [0.25, 0.3) is 0 Å². The summed E-state index contributed by atoms with van der Waals surface area (Å²) in [4.78, 5) is 12.1. The summed E-state index contributed by atoms with van der Waals surface area (Å²) in [6.07, 6.45) is 7.78. The molecule has 18 heavy (non-hydrogen) atoms. The minimum absolute atomic E-state index is 0.138. The van der Waals surface area contributed by atoms with Crippen molar-refractivity contribution in [1.29, 1.82) is 0 Å². The van der Waals surface area contributed by atoms with Crippen molar-refractivity contribution in [3.05, 3.63) is 0 Å². The second-order valence-corrected chi connectivity index (χ2v) is 5.73. The second kappa shape index (κ2) is 5.20. The van der Waals surface area contributed by atoms with Gasteiger partial charge in [-0.2, -0.15) is 0 Å². The normalized spacial score (nSPS) is 38.7. The molecule has 1 aliphatic carbocycles. The molecule has 2 rings (SSSR count). The molecule has 1 aliphatic heterocycles. The van der Waals surface area contributed by atoms with Gasteiger partial charge in [0.15, 0.2) is 5.60 Å². The minimum Gasteiger partial charge on any atom is -0.464 e. The number of epoxide rings is 1. The first-order valence-corrected chi connectivity index (χ1v) is 7.51. The highest BCUT2D eigenvalue weighted by molar-refractivity contribution is 5.85. The molecule has 0 radical (unpaired) electrons. The molecule has 1 spiro atoms. The van der Waals surface area contributed by atoms with E-state index in [1.54, 1.807) is 0 Å². The van der Waals surface area contributed by atoms with E-state index in [1.807, 2.05) is 13.8 Å². The molecule has 0 aromatic rings. The third-order valence-corrected chi connectivity index (χ3v) is 4.78. The van der Waals surface area contributed by atoms with E-state index in [0.29, 0.717) is 6.61 Å². The maximum Gasteiger partial charge on any atom is 0.341 e. The van der Waals surface area contributed by atoms with Gasteiger partial charge in [0.1, 0.15) is 5.60 Å². The summed E-state index contributed by atoms with van der Waals surface area (Å²) in [5.74, 6) is 0.697. The molecule has 0 N–H and O–H groups in total. The lowest BCUT2D eigenvalue weighted by Crippen LogP contribution is -2.37. The van der Waals surface area contributed by atoms with E-state index in [9.17, 15) is 4.79 Å². The van der Waals surface area contributed by atoms with Gasteiger partial charge in [-0.05, 0) is 44.9 Å². The Morgan fingerprint density at radius 1 is 1.28 bits per heavy atom. The van der Waals surface area contributed by atoms with Crippen molar-refractivity contribution >= 4 is 5.97 Å². The van der Waals surface area contributed by atoms with Crippen LogP contribution in [-0.4, -0.2) is 23.8 Å². The van der Waals surface area contributed by atoms with Crippen LogP contribution in [0.3, 0.4) is 0 Å². The Kier molecular flexibility index (Phi) is 4.00. The van der Waals surface area contributed by atoms with Crippen LogP contribution in [0, 0.1) is 5.92 Å². The molecule has 0 aromatic heterocycles. The number of carbonyl (C=O) groups is 1. The molecule has 3 nitrogen and oxygen atoms in total. The van der Waals surface area contributed by atoms with Crippen LogP contribution in [0.5, 0.6) is 0 Å². The lowest BCUT2D eigenvalue weighted by molar-refractivity contribution is -0.149. The highest BCUT2D eigenvalue weighted by Crippen LogP contribution is 2.59. The fourth-order valence-electron chi connectivity index (χ4n) is 3.67. The average Bonchev–Trinajstić information content (AvgIpc) is 3.02. The highest BCUT2D eigenvalue weighted by Gasteiger charge is 2.74. The lowest BCUT2D eigenvalue weighted by atomic mass is 9.74. The molecule has 1 atom stereocenters. The van der Waals surface area contributed by atoms with Crippen LogP contribution >= 0.6 is 0 Å². The first-order valence-electron chi connectivity index (χ1n) is 7.51. The zero-order valence-corrected chi connectivity index (χ0v) is 12.0. The maximum atomic E-state index is 12.1. The standard InChI is InChI=1S/C15H26O3/c1-4-7-12-8-10-14(11-9-12)15(5-2,18-14)13(16)17-6-3/h12H,4-11H2,1-3H3. The fraction of sp³-hybridized carbons (Fsp3) is 0.933. The molecule has 0 bridgehead atoms. The van der Waals surface area contributed by atoms with Gasteiger partial charge in [0.05, 0.1) is 6.61 Å². The van der Waals surface area contributed by atoms with E-state index >= 15 is 0 Å². The van der Waals surface area contributed by atoms with E-state index in [4.69, 9.17) is 9.47 Å². The third kappa shape index (κ3) is 2.07. The fourth-order valence-corrected chi connectivity index (χ4v) is 3.67. The quantitative estimate of drug-likeness (QED) is 0.557. The number of ether oxygens (including phenoxy) is 2. The van der Waals surface area contributed by atoms with E-state index in [2.05, 4.69) is 6.92 Å². The van der Waals surface area contributed by atoms with Gasteiger partial charge in [0, 0.05) is 0 Å². The van der Waals surface area contributed by atoms with Gasteiger partial charge in [-0.3, -0.25) is 0 Å². The lowest BCUT2D eigenvalue weighted by Gasteiger charge is -2.28. The van der Waals surface area contributed by atoms with Gasteiger partial charge in [-0.1, -0.05) is 26.7 Å². The van der Waals surface area contributed by atoms with Crippen LogP contribution in [0.15, 0.2) is 0 Å². The van der Waals surface area contributed by atoms with Gasteiger partial charge < -0.3 is 9.47 Å². The number of rotatable bonds is 5. The predicted molar refractivity (Wildman–Crippen MR) is 70.3 cm³/mol. The number of hydrogen-bond donors (Lipinski definition) is 0. The number of esters is 1. The summed E-state index contributed by atoms with van der Waals surface area (Å²) >= 11 is 0. The topological polar surface area (TPSA) is 38.8 Å². The largest absolute Gasteiger partial charge is 0.464 e. The van der Waals surface area contributed by atoms with Crippen LogP contribution in [0.2, 0.25) is 0 Å². The molecular weight excluding hydrogens is 228 g/mol. The van der Waals surface area contributed by atoms with Crippen LogP contribution in [-0.2, 0) is 14.3 Å². The number of carbonyl (C=O) groups excluding carboxylic acids is 1. The Morgan fingerprint density at radius 2 is 1.94 bits per heavy atom. The first kappa shape index (κ1) is 13.9. The molecule has 2 aliphatic rings. The Hall–Kier alpha value is -0.570. The van der Waals surface area contributed by atoms with E-state index in [0.717, 1.165) is 25.2 Å². The zero-order valence-electron chi connectivity index (χ0n) is 12.0. The SMILES string of the molecule is CCCC1CCC2(CC1)OC2(CC)C(=O)OCC. The Bertz CT molecular complexity index is 305. The second-order valence-electron chi connectivity index (χ2n) is 5.73. The van der Waals surface area contributed by atoms with Gasteiger partial charge in [0.2, 0.25) is 0 Å².